The lowest BCUT2D eigenvalue weighted by atomic mass is 9.85. The number of nitrogens with zero attached hydrogens (tertiary/aromatic N) is 1. The van der Waals surface area contributed by atoms with E-state index in [1.807, 2.05) is 23.1 Å². The van der Waals surface area contributed by atoms with Crippen molar-refractivity contribution < 1.29 is 9.53 Å². The van der Waals surface area contributed by atoms with Gasteiger partial charge in [-0.05, 0) is 30.7 Å². The van der Waals surface area contributed by atoms with Gasteiger partial charge in [-0.2, -0.15) is 0 Å². The molecular weight excluding hydrogens is 276 g/mol. The van der Waals surface area contributed by atoms with Crippen LogP contribution in [-0.2, 0) is 11.3 Å². The summed E-state index contributed by atoms with van der Waals surface area (Å²) in [5.74, 6) is 1.19. The van der Waals surface area contributed by atoms with Crippen LogP contribution in [0.2, 0.25) is 0 Å². The molecule has 0 bridgehead atoms. The Labute approximate surface area is 132 Å². The van der Waals surface area contributed by atoms with Gasteiger partial charge in [0, 0.05) is 25.6 Å². The molecule has 0 radical (unpaired) electrons. The molecule has 3 rings (SSSR count). The number of amides is 2. The van der Waals surface area contributed by atoms with E-state index in [1.165, 1.54) is 24.8 Å². The molecule has 2 amide bonds. The number of carbonyl (C=O) groups excluding carboxylic acids is 1. The molecule has 2 aliphatic rings. The first-order valence-electron chi connectivity index (χ1n) is 8.45. The van der Waals surface area contributed by atoms with E-state index in [9.17, 15) is 4.79 Å². The summed E-state index contributed by atoms with van der Waals surface area (Å²) in [5, 5.41) is 3.08. The smallest absolute Gasteiger partial charge is 0.317 e. The van der Waals surface area contributed by atoms with E-state index in [4.69, 9.17) is 4.74 Å². The second kappa shape index (κ2) is 7.63. The zero-order valence-electron chi connectivity index (χ0n) is 13.2. The molecule has 0 aromatic heterocycles. The first kappa shape index (κ1) is 15.3. The van der Waals surface area contributed by atoms with Crippen molar-refractivity contribution in [3.63, 3.8) is 0 Å². The standard InChI is InChI=1S/C18H26N2O2/c21-18(19-11-15-7-4-8-15)20-10-9-17(12-20)14-22-13-16-5-2-1-3-6-16/h1-3,5-6,15,17H,4,7-14H2,(H,19,21)/t17-/m1/s1. The fraction of sp³-hybridized carbons (Fsp3) is 0.611. The number of ether oxygens (including phenoxy) is 1. The Hall–Kier alpha value is -1.55. The monoisotopic (exact) mass is 302 g/mol. The Morgan fingerprint density at radius 2 is 2.00 bits per heavy atom. The molecule has 1 saturated carbocycles. The Balaban J connectivity index is 1.32. The van der Waals surface area contributed by atoms with Gasteiger partial charge in [-0.25, -0.2) is 4.79 Å². The Kier molecular flexibility index (Phi) is 5.33. The summed E-state index contributed by atoms with van der Waals surface area (Å²) < 4.78 is 5.80. The first-order chi connectivity index (χ1) is 10.8. The van der Waals surface area contributed by atoms with Gasteiger partial charge in [0.05, 0.1) is 13.2 Å². The minimum absolute atomic E-state index is 0.109. The minimum Gasteiger partial charge on any atom is -0.376 e. The van der Waals surface area contributed by atoms with Gasteiger partial charge in [-0.1, -0.05) is 36.8 Å². The molecule has 2 fully saturated rings. The topological polar surface area (TPSA) is 41.6 Å². The summed E-state index contributed by atoms with van der Waals surface area (Å²) in [6, 6.07) is 10.3. The lowest BCUT2D eigenvalue weighted by molar-refractivity contribution is 0.0897. The molecule has 1 aliphatic heterocycles. The fourth-order valence-corrected chi connectivity index (χ4v) is 3.11. The third kappa shape index (κ3) is 4.23. The van der Waals surface area contributed by atoms with Crippen LogP contribution in [-0.4, -0.2) is 37.2 Å². The zero-order valence-corrected chi connectivity index (χ0v) is 13.2. The normalized spacial score (nSPS) is 21.6. The quantitative estimate of drug-likeness (QED) is 0.877. The van der Waals surface area contributed by atoms with Crippen molar-refractivity contribution in [3.05, 3.63) is 35.9 Å². The second-order valence-corrected chi connectivity index (χ2v) is 6.58. The van der Waals surface area contributed by atoms with E-state index in [-0.39, 0.29) is 6.03 Å². The molecule has 22 heavy (non-hydrogen) atoms. The predicted octanol–water partition coefficient (Wildman–Crippen LogP) is 3.03. The van der Waals surface area contributed by atoms with Crippen molar-refractivity contribution in [2.45, 2.75) is 32.3 Å². The van der Waals surface area contributed by atoms with Gasteiger partial charge in [0.25, 0.3) is 0 Å². The van der Waals surface area contributed by atoms with Crippen molar-refractivity contribution in [2.75, 3.05) is 26.2 Å². The van der Waals surface area contributed by atoms with Gasteiger partial charge in [0.2, 0.25) is 0 Å². The van der Waals surface area contributed by atoms with Gasteiger partial charge in [-0.15, -0.1) is 0 Å². The Morgan fingerprint density at radius 1 is 1.18 bits per heavy atom. The number of rotatable bonds is 6. The van der Waals surface area contributed by atoms with Gasteiger partial charge in [0.15, 0.2) is 0 Å². The fourth-order valence-electron chi connectivity index (χ4n) is 3.11. The summed E-state index contributed by atoms with van der Waals surface area (Å²) >= 11 is 0. The lowest BCUT2D eigenvalue weighted by Gasteiger charge is -2.26. The molecule has 4 heteroatoms. The van der Waals surface area contributed by atoms with E-state index < -0.39 is 0 Å². The number of carbonyl (C=O) groups is 1. The zero-order chi connectivity index (χ0) is 15.2. The summed E-state index contributed by atoms with van der Waals surface area (Å²) in [6.45, 7) is 3.93. The highest BCUT2D eigenvalue weighted by Crippen LogP contribution is 2.25. The van der Waals surface area contributed by atoms with Crippen LogP contribution in [0.3, 0.4) is 0 Å². The minimum atomic E-state index is 0.109. The maximum absolute atomic E-state index is 12.1. The van der Waals surface area contributed by atoms with Gasteiger partial charge in [-0.3, -0.25) is 0 Å². The molecule has 0 spiro atoms. The van der Waals surface area contributed by atoms with Crippen LogP contribution in [0.15, 0.2) is 30.3 Å². The molecule has 0 unspecified atom stereocenters. The average Bonchev–Trinajstić information content (AvgIpc) is 2.95. The Morgan fingerprint density at radius 3 is 2.73 bits per heavy atom. The lowest BCUT2D eigenvalue weighted by Crippen LogP contribution is -2.41. The van der Waals surface area contributed by atoms with E-state index in [0.717, 1.165) is 38.6 Å². The Bertz CT molecular complexity index is 473. The maximum atomic E-state index is 12.1. The largest absolute Gasteiger partial charge is 0.376 e. The number of urea groups is 1. The van der Waals surface area contributed by atoms with Gasteiger partial charge >= 0.3 is 6.03 Å². The van der Waals surface area contributed by atoms with Crippen LogP contribution in [0.5, 0.6) is 0 Å². The molecule has 1 atom stereocenters. The number of benzene rings is 1. The van der Waals surface area contributed by atoms with E-state index >= 15 is 0 Å². The van der Waals surface area contributed by atoms with Crippen molar-refractivity contribution in [2.24, 2.45) is 11.8 Å². The van der Waals surface area contributed by atoms with E-state index in [2.05, 4.69) is 17.4 Å². The number of hydrogen-bond acceptors (Lipinski definition) is 2. The summed E-state index contributed by atoms with van der Waals surface area (Å²) in [5.41, 5.74) is 1.20. The van der Waals surface area contributed by atoms with Crippen LogP contribution in [0.25, 0.3) is 0 Å². The molecule has 1 aliphatic carbocycles. The third-order valence-corrected chi connectivity index (χ3v) is 4.80. The number of likely N-dealkylation sites (tertiary alicyclic amines) is 1. The van der Waals surface area contributed by atoms with Gasteiger partial charge < -0.3 is 15.0 Å². The number of nitrogens with one attached hydrogen (secondary N) is 1. The van der Waals surface area contributed by atoms with Crippen LogP contribution in [0, 0.1) is 11.8 Å². The van der Waals surface area contributed by atoms with Crippen LogP contribution in [0.4, 0.5) is 4.79 Å². The maximum Gasteiger partial charge on any atom is 0.317 e. The van der Waals surface area contributed by atoms with E-state index in [0.29, 0.717) is 12.5 Å². The van der Waals surface area contributed by atoms with Crippen molar-refractivity contribution in [1.29, 1.82) is 0 Å². The van der Waals surface area contributed by atoms with Crippen molar-refractivity contribution in [3.8, 4) is 0 Å². The third-order valence-electron chi connectivity index (χ3n) is 4.80. The number of hydrogen-bond donors (Lipinski definition) is 1. The summed E-state index contributed by atoms with van der Waals surface area (Å²) in [6.07, 6.45) is 4.92. The highest BCUT2D eigenvalue weighted by atomic mass is 16.5. The van der Waals surface area contributed by atoms with Crippen molar-refractivity contribution >= 4 is 6.03 Å². The highest BCUT2D eigenvalue weighted by molar-refractivity contribution is 5.74. The van der Waals surface area contributed by atoms with Crippen LogP contribution < -0.4 is 5.32 Å². The van der Waals surface area contributed by atoms with E-state index in [1.54, 1.807) is 0 Å². The average molecular weight is 302 g/mol. The van der Waals surface area contributed by atoms with Crippen LogP contribution >= 0.6 is 0 Å². The van der Waals surface area contributed by atoms with Crippen LogP contribution in [0.1, 0.15) is 31.2 Å². The highest BCUT2D eigenvalue weighted by Gasteiger charge is 2.27. The summed E-state index contributed by atoms with van der Waals surface area (Å²) in [4.78, 5) is 14.0. The molecule has 1 aromatic carbocycles. The summed E-state index contributed by atoms with van der Waals surface area (Å²) in [7, 11) is 0. The molecule has 4 nitrogen and oxygen atoms in total. The molecule has 1 aromatic rings. The van der Waals surface area contributed by atoms with Gasteiger partial charge in [0.1, 0.15) is 0 Å². The first-order valence-corrected chi connectivity index (χ1v) is 8.45. The SMILES string of the molecule is O=C(NCC1CCC1)N1CC[C@@H](COCc2ccccc2)C1. The molecule has 1 N–H and O–H groups in total. The predicted molar refractivity (Wildman–Crippen MR) is 86.5 cm³/mol. The molecule has 1 heterocycles. The second-order valence-electron chi connectivity index (χ2n) is 6.58. The molecule has 120 valence electrons. The van der Waals surface area contributed by atoms with Crippen molar-refractivity contribution in [1.82, 2.24) is 10.2 Å². The molecular formula is C18H26N2O2. The molecule has 1 saturated heterocycles.